The zero-order valence-electron chi connectivity index (χ0n) is 17.0. The molecule has 2 aromatic carbocycles. The van der Waals surface area contributed by atoms with E-state index >= 15 is 0 Å². The van der Waals surface area contributed by atoms with Crippen LogP contribution < -0.4 is 15.4 Å². The highest BCUT2D eigenvalue weighted by molar-refractivity contribution is 7.89. The van der Waals surface area contributed by atoms with Crippen LogP contribution in [0.5, 0.6) is 0 Å². The SMILES string of the molecule is CC1(C)[C@@H](CNc2cccc(N3CCOCC3)c2)[C@@H]1c1ccc(S(N)(=O)=O)cc1. The number of nitrogens with one attached hydrogen (secondary N) is 1. The number of benzene rings is 2. The van der Waals surface area contributed by atoms with Crippen LogP contribution in [0.2, 0.25) is 0 Å². The summed E-state index contributed by atoms with van der Waals surface area (Å²) in [6, 6.07) is 15.6. The van der Waals surface area contributed by atoms with Gasteiger partial charge in [-0.1, -0.05) is 32.0 Å². The molecular weight excluding hydrogens is 386 g/mol. The van der Waals surface area contributed by atoms with Crippen molar-refractivity contribution in [2.24, 2.45) is 16.5 Å². The maximum Gasteiger partial charge on any atom is 0.238 e. The van der Waals surface area contributed by atoms with Gasteiger partial charge in [-0.25, -0.2) is 13.6 Å². The summed E-state index contributed by atoms with van der Waals surface area (Å²) in [7, 11) is -3.65. The minimum absolute atomic E-state index is 0.161. The summed E-state index contributed by atoms with van der Waals surface area (Å²) >= 11 is 0. The second-order valence-electron chi connectivity index (χ2n) is 8.55. The largest absolute Gasteiger partial charge is 0.385 e. The monoisotopic (exact) mass is 415 g/mol. The van der Waals surface area contributed by atoms with Crippen molar-refractivity contribution in [1.82, 2.24) is 0 Å². The van der Waals surface area contributed by atoms with Gasteiger partial charge in [0.1, 0.15) is 0 Å². The van der Waals surface area contributed by atoms with Crippen LogP contribution in [-0.4, -0.2) is 41.3 Å². The fraction of sp³-hybridized carbons (Fsp3) is 0.455. The fourth-order valence-electron chi connectivity index (χ4n) is 4.51. The average molecular weight is 416 g/mol. The summed E-state index contributed by atoms with van der Waals surface area (Å²) in [5.41, 5.74) is 3.68. The van der Waals surface area contributed by atoms with Gasteiger partial charge >= 0.3 is 0 Å². The third-order valence-corrected chi connectivity index (χ3v) is 7.30. The lowest BCUT2D eigenvalue weighted by Crippen LogP contribution is -2.36. The van der Waals surface area contributed by atoms with Gasteiger partial charge in [0.15, 0.2) is 0 Å². The molecule has 29 heavy (non-hydrogen) atoms. The van der Waals surface area contributed by atoms with Crippen molar-refractivity contribution in [3.63, 3.8) is 0 Å². The number of hydrogen-bond acceptors (Lipinski definition) is 5. The summed E-state index contributed by atoms with van der Waals surface area (Å²) in [4.78, 5) is 2.51. The number of anilines is 2. The average Bonchev–Trinajstić information content (AvgIpc) is 3.27. The lowest BCUT2D eigenvalue weighted by atomic mass is 10.0. The molecule has 2 fully saturated rings. The maximum atomic E-state index is 11.5. The Balaban J connectivity index is 1.41. The molecule has 2 aliphatic rings. The minimum Gasteiger partial charge on any atom is -0.385 e. The molecule has 0 aromatic heterocycles. The van der Waals surface area contributed by atoms with Gasteiger partial charge < -0.3 is 15.0 Å². The number of nitrogens with two attached hydrogens (primary N) is 1. The molecule has 7 heteroatoms. The Labute approximate surface area is 173 Å². The van der Waals surface area contributed by atoms with Gasteiger partial charge in [-0.2, -0.15) is 0 Å². The van der Waals surface area contributed by atoms with Crippen LogP contribution in [0.1, 0.15) is 25.3 Å². The number of nitrogens with zero attached hydrogens (tertiary/aromatic N) is 1. The number of morpholine rings is 1. The molecule has 0 amide bonds. The van der Waals surface area contributed by atoms with Crippen LogP contribution in [0, 0.1) is 11.3 Å². The second kappa shape index (κ2) is 7.63. The predicted octanol–water partition coefficient (Wildman–Crippen LogP) is 3.02. The molecule has 0 radical (unpaired) electrons. The molecule has 1 aliphatic heterocycles. The van der Waals surface area contributed by atoms with Gasteiger partial charge in [0.2, 0.25) is 10.0 Å². The second-order valence-corrected chi connectivity index (χ2v) is 10.1. The molecule has 1 saturated carbocycles. The van der Waals surface area contributed by atoms with E-state index in [2.05, 4.69) is 48.3 Å². The van der Waals surface area contributed by atoms with E-state index in [4.69, 9.17) is 9.88 Å². The van der Waals surface area contributed by atoms with E-state index in [1.54, 1.807) is 12.1 Å². The number of hydrogen-bond donors (Lipinski definition) is 2. The van der Waals surface area contributed by atoms with Gasteiger partial charge in [-0.3, -0.25) is 0 Å². The van der Waals surface area contributed by atoms with Crippen LogP contribution >= 0.6 is 0 Å². The van der Waals surface area contributed by atoms with Crippen molar-refractivity contribution >= 4 is 21.4 Å². The normalized spacial score (nSPS) is 23.6. The number of primary sulfonamides is 1. The highest BCUT2D eigenvalue weighted by Crippen LogP contribution is 2.64. The van der Waals surface area contributed by atoms with E-state index in [1.807, 2.05) is 12.1 Å². The van der Waals surface area contributed by atoms with Crippen molar-refractivity contribution in [3.05, 3.63) is 54.1 Å². The molecule has 6 nitrogen and oxygen atoms in total. The molecule has 3 N–H and O–H groups in total. The Morgan fingerprint density at radius 3 is 2.48 bits per heavy atom. The smallest absolute Gasteiger partial charge is 0.238 e. The van der Waals surface area contributed by atoms with Gasteiger partial charge in [0.05, 0.1) is 18.1 Å². The van der Waals surface area contributed by atoms with E-state index in [9.17, 15) is 8.42 Å². The Hall–Kier alpha value is -2.09. The predicted molar refractivity (Wildman–Crippen MR) is 116 cm³/mol. The third-order valence-electron chi connectivity index (χ3n) is 6.37. The molecule has 0 spiro atoms. The standard InChI is InChI=1S/C22H29N3O3S/c1-22(2)20(21(22)16-6-8-19(9-7-16)29(23,26)27)15-24-17-4-3-5-18(14-17)25-10-12-28-13-11-25/h3-9,14,20-21,24H,10-13,15H2,1-2H3,(H2,23,26,27)/t20-,21-/m0/s1. The molecule has 156 valence electrons. The quantitative estimate of drug-likeness (QED) is 0.758. The molecule has 1 saturated heterocycles. The summed E-state index contributed by atoms with van der Waals surface area (Å²) in [6.45, 7) is 8.82. The number of sulfonamides is 1. The summed E-state index contributed by atoms with van der Waals surface area (Å²) in [5.74, 6) is 0.877. The molecule has 0 unspecified atom stereocenters. The first-order valence-electron chi connectivity index (χ1n) is 10.1. The number of ether oxygens (including phenoxy) is 1. The Morgan fingerprint density at radius 2 is 1.83 bits per heavy atom. The van der Waals surface area contributed by atoms with Crippen molar-refractivity contribution in [1.29, 1.82) is 0 Å². The van der Waals surface area contributed by atoms with Crippen molar-refractivity contribution in [2.75, 3.05) is 43.1 Å². The summed E-state index contributed by atoms with van der Waals surface area (Å²) < 4.78 is 28.4. The molecule has 2 atom stereocenters. The van der Waals surface area contributed by atoms with Crippen LogP contribution in [0.3, 0.4) is 0 Å². The zero-order chi connectivity index (χ0) is 20.6. The van der Waals surface area contributed by atoms with E-state index in [-0.39, 0.29) is 10.3 Å². The van der Waals surface area contributed by atoms with Crippen LogP contribution in [0.25, 0.3) is 0 Å². The topological polar surface area (TPSA) is 84.7 Å². The van der Waals surface area contributed by atoms with E-state index < -0.39 is 10.0 Å². The van der Waals surface area contributed by atoms with Gasteiger partial charge in [-0.15, -0.1) is 0 Å². The first-order valence-corrected chi connectivity index (χ1v) is 11.6. The molecule has 1 heterocycles. The minimum atomic E-state index is -3.65. The highest BCUT2D eigenvalue weighted by Gasteiger charge is 2.57. The summed E-state index contributed by atoms with van der Waals surface area (Å²) in [5, 5.41) is 8.81. The van der Waals surface area contributed by atoms with Gasteiger partial charge in [0, 0.05) is 31.0 Å². The lowest BCUT2D eigenvalue weighted by molar-refractivity contribution is 0.122. The first kappa shape index (κ1) is 20.2. The van der Waals surface area contributed by atoms with Crippen LogP contribution in [0.15, 0.2) is 53.4 Å². The van der Waals surface area contributed by atoms with E-state index in [0.29, 0.717) is 11.8 Å². The van der Waals surface area contributed by atoms with Crippen molar-refractivity contribution in [2.45, 2.75) is 24.7 Å². The fourth-order valence-corrected chi connectivity index (χ4v) is 5.03. The van der Waals surface area contributed by atoms with Gasteiger partial charge in [-0.05, 0) is 53.1 Å². The Bertz CT molecular complexity index is 967. The first-order chi connectivity index (χ1) is 13.8. The number of rotatable bonds is 6. The Kier molecular flexibility index (Phi) is 5.31. The lowest BCUT2D eigenvalue weighted by Gasteiger charge is -2.29. The van der Waals surface area contributed by atoms with E-state index in [1.165, 1.54) is 5.69 Å². The molecular formula is C22H29N3O3S. The van der Waals surface area contributed by atoms with Gasteiger partial charge in [0.25, 0.3) is 0 Å². The van der Waals surface area contributed by atoms with Crippen molar-refractivity contribution in [3.8, 4) is 0 Å². The summed E-state index contributed by atoms with van der Waals surface area (Å²) in [6.07, 6.45) is 0. The highest BCUT2D eigenvalue weighted by atomic mass is 32.2. The molecule has 0 bridgehead atoms. The third kappa shape index (κ3) is 4.27. The zero-order valence-corrected chi connectivity index (χ0v) is 17.8. The molecule has 2 aromatic rings. The van der Waals surface area contributed by atoms with Crippen molar-refractivity contribution < 1.29 is 13.2 Å². The van der Waals surface area contributed by atoms with Crippen LogP contribution in [0.4, 0.5) is 11.4 Å². The maximum absolute atomic E-state index is 11.5. The van der Waals surface area contributed by atoms with Crippen LogP contribution in [-0.2, 0) is 14.8 Å². The molecule has 1 aliphatic carbocycles. The van der Waals surface area contributed by atoms with E-state index in [0.717, 1.165) is 44.1 Å². The molecule has 4 rings (SSSR count). The Morgan fingerprint density at radius 1 is 1.14 bits per heavy atom.